The van der Waals surface area contributed by atoms with Crippen molar-refractivity contribution in [3.05, 3.63) is 120 Å². The average Bonchev–Trinajstić information content (AvgIpc) is 3.60. The normalized spacial score (nSPS) is 12.0. The first-order valence-electron chi connectivity index (χ1n) is 14.7. The summed E-state index contributed by atoms with van der Waals surface area (Å²) in [6.45, 7) is 24.3. The Balaban J connectivity index is 0.000000171. The first-order valence-corrected chi connectivity index (χ1v) is 14.7. The van der Waals surface area contributed by atoms with Crippen LogP contribution in [0.25, 0.3) is 16.7 Å². The molecule has 0 fully saturated rings. The summed E-state index contributed by atoms with van der Waals surface area (Å²) in [6, 6.07) is 21.4. The Bertz CT molecular complexity index is 1750. The number of hydrogen-bond acceptors (Lipinski definition) is 1. The summed E-state index contributed by atoms with van der Waals surface area (Å²) in [4.78, 5) is 4.63. The maximum atomic E-state index is 4.63. The SMILES string of the molecule is C.CC(C)(C)c1cccn2cccc12.CC(C)(C)c1ccn2ccccc12.Cc1cc(C)n2ccc(C(C)(C)C)c2n1. The van der Waals surface area contributed by atoms with Crippen LogP contribution < -0.4 is 0 Å². The van der Waals surface area contributed by atoms with E-state index in [0.29, 0.717) is 0 Å². The van der Waals surface area contributed by atoms with Crippen molar-refractivity contribution in [2.24, 2.45) is 0 Å². The van der Waals surface area contributed by atoms with Gasteiger partial charge in [-0.25, -0.2) is 4.98 Å². The van der Waals surface area contributed by atoms with Crippen LogP contribution in [-0.2, 0) is 16.2 Å². The predicted octanol–water partition coefficient (Wildman–Crippen LogP) is 10.4. The van der Waals surface area contributed by atoms with Gasteiger partial charge in [-0.1, -0.05) is 81.9 Å². The van der Waals surface area contributed by atoms with Gasteiger partial charge in [0, 0.05) is 59.0 Å². The summed E-state index contributed by atoms with van der Waals surface area (Å²) in [5.74, 6) is 0. The van der Waals surface area contributed by atoms with Crippen molar-refractivity contribution in [1.29, 1.82) is 0 Å². The summed E-state index contributed by atoms with van der Waals surface area (Å²) >= 11 is 0. The van der Waals surface area contributed by atoms with E-state index < -0.39 is 0 Å². The number of pyridine rings is 2. The van der Waals surface area contributed by atoms with Crippen molar-refractivity contribution in [3.8, 4) is 0 Å². The minimum Gasteiger partial charge on any atom is -0.324 e. The third-order valence-corrected chi connectivity index (χ3v) is 7.50. The third-order valence-electron chi connectivity index (χ3n) is 7.50. The molecule has 42 heavy (non-hydrogen) atoms. The number of fused-ring (bicyclic) bond motifs is 3. The van der Waals surface area contributed by atoms with Crippen molar-refractivity contribution < 1.29 is 0 Å². The second kappa shape index (κ2) is 12.2. The maximum absolute atomic E-state index is 4.63. The highest BCUT2D eigenvalue weighted by Crippen LogP contribution is 2.29. The molecule has 0 bridgehead atoms. The smallest absolute Gasteiger partial charge is 0.140 e. The van der Waals surface area contributed by atoms with Gasteiger partial charge in [0.25, 0.3) is 0 Å². The zero-order valence-corrected chi connectivity index (χ0v) is 26.9. The summed E-state index contributed by atoms with van der Waals surface area (Å²) in [5, 5.41) is 0. The van der Waals surface area contributed by atoms with Gasteiger partial charge in [0.1, 0.15) is 5.65 Å². The highest BCUT2D eigenvalue weighted by atomic mass is 15.0. The highest BCUT2D eigenvalue weighted by Gasteiger charge is 2.20. The molecule has 0 aromatic carbocycles. The van der Waals surface area contributed by atoms with Crippen LogP contribution in [0.5, 0.6) is 0 Å². The lowest BCUT2D eigenvalue weighted by Gasteiger charge is -2.20. The molecule has 0 atom stereocenters. The van der Waals surface area contributed by atoms with E-state index in [1.165, 1.54) is 33.4 Å². The van der Waals surface area contributed by atoms with E-state index in [1.807, 2.05) is 6.92 Å². The Kier molecular flexibility index (Phi) is 9.51. The Labute approximate surface area is 254 Å². The molecule has 6 aromatic rings. The molecule has 0 saturated carbocycles. The zero-order chi connectivity index (χ0) is 30.2. The van der Waals surface area contributed by atoms with Gasteiger partial charge >= 0.3 is 0 Å². The monoisotopic (exact) mass is 564 g/mol. The fraction of sp³-hybridized carbons (Fsp3) is 0.395. The van der Waals surface area contributed by atoms with Crippen molar-refractivity contribution in [2.45, 2.75) is 99.8 Å². The van der Waals surface area contributed by atoms with E-state index in [0.717, 1.165) is 11.3 Å². The van der Waals surface area contributed by atoms with Crippen molar-refractivity contribution >= 4 is 16.7 Å². The van der Waals surface area contributed by atoms with Crippen LogP contribution in [0.4, 0.5) is 0 Å². The molecule has 0 aliphatic carbocycles. The van der Waals surface area contributed by atoms with E-state index in [-0.39, 0.29) is 23.7 Å². The van der Waals surface area contributed by atoms with Crippen LogP contribution in [0.15, 0.2) is 91.6 Å². The Morgan fingerprint density at radius 1 is 0.524 bits per heavy atom. The van der Waals surface area contributed by atoms with Crippen LogP contribution in [-0.4, -0.2) is 18.2 Å². The van der Waals surface area contributed by atoms with Crippen LogP contribution in [0.3, 0.4) is 0 Å². The molecule has 0 spiro atoms. The molecule has 0 aliphatic rings. The summed E-state index contributed by atoms with van der Waals surface area (Å²) in [7, 11) is 0. The molecule has 0 N–H and O–H groups in total. The number of nitrogens with zero attached hydrogens (tertiary/aromatic N) is 4. The van der Waals surface area contributed by atoms with E-state index in [1.54, 1.807) is 0 Å². The number of aromatic nitrogens is 4. The molecule has 224 valence electrons. The van der Waals surface area contributed by atoms with Crippen molar-refractivity contribution in [3.63, 3.8) is 0 Å². The first-order chi connectivity index (χ1) is 19.1. The molecule has 6 heterocycles. The summed E-state index contributed by atoms with van der Waals surface area (Å²) < 4.78 is 6.49. The lowest BCUT2D eigenvalue weighted by Crippen LogP contribution is -2.12. The van der Waals surface area contributed by atoms with Gasteiger partial charge in [-0.2, -0.15) is 0 Å². The molecule has 0 unspecified atom stereocenters. The molecule has 4 heteroatoms. The predicted molar refractivity (Wildman–Crippen MR) is 182 cm³/mol. The Morgan fingerprint density at radius 2 is 1.00 bits per heavy atom. The fourth-order valence-corrected chi connectivity index (χ4v) is 5.37. The second-order valence-corrected chi connectivity index (χ2v) is 14.2. The number of hydrogen-bond donors (Lipinski definition) is 0. The molecule has 4 nitrogen and oxygen atoms in total. The molecule has 0 aliphatic heterocycles. The van der Waals surface area contributed by atoms with Gasteiger partial charge < -0.3 is 13.2 Å². The van der Waals surface area contributed by atoms with E-state index in [4.69, 9.17) is 0 Å². The largest absolute Gasteiger partial charge is 0.324 e. The molecule has 6 aromatic heterocycles. The molecule has 6 rings (SSSR count). The zero-order valence-electron chi connectivity index (χ0n) is 26.9. The lowest BCUT2D eigenvalue weighted by molar-refractivity contribution is 0.593. The third kappa shape index (κ3) is 7.15. The molecular weight excluding hydrogens is 512 g/mol. The fourth-order valence-electron chi connectivity index (χ4n) is 5.37. The van der Waals surface area contributed by atoms with Crippen LogP contribution in [0, 0.1) is 13.8 Å². The first kappa shape index (κ1) is 32.7. The van der Waals surface area contributed by atoms with Gasteiger partial charge in [0.15, 0.2) is 0 Å². The molecule has 0 radical (unpaired) electrons. The maximum Gasteiger partial charge on any atom is 0.140 e. The highest BCUT2D eigenvalue weighted by molar-refractivity contribution is 5.59. The minimum absolute atomic E-state index is 0. The summed E-state index contributed by atoms with van der Waals surface area (Å²) in [6.07, 6.45) is 10.5. The van der Waals surface area contributed by atoms with Gasteiger partial charge in [-0.15, -0.1) is 0 Å². The van der Waals surface area contributed by atoms with E-state index >= 15 is 0 Å². The summed E-state index contributed by atoms with van der Waals surface area (Å²) in [5.41, 5.74) is 10.8. The van der Waals surface area contributed by atoms with E-state index in [9.17, 15) is 0 Å². The average molecular weight is 565 g/mol. The topological polar surface area (TPSA) is 26.1 Å². The van der Waals surface area contributed by atoms with Crippen molar-refractivity contribution in [2.75, 3.05) is 0 Å². The van der Waals surface area contributed by atoms with Crippen molar-refractivity contribution in [1.82, 2.24) is 18.2 Å². The standard InChI is InChI=1S/C13H18N2.2C12H15N.CH4/c1-9-8-10(2)15-7-6-11(12(15)14-9)13(3,4)5;1-12(2,3)10-6-4-8-13-9-5-7-11(10)13;1-12(2,3)10-7-9-13-8-5-4-6-11(10)13;/h6-8H,1-5H3;2*4-9H,1-3H3;1H4. The Hall–Kier alpha value is -3.79. The van der Waals surface area contributed by atoms with Crippen LogP contribution in [0.2, 0.25) is 0 Å². The van der Waals surface area contributed by atoms with Crippen LogP contribution >= 0.6 is 0 Å². The van der Waals surface area contributed by atoms with Gasteiger partial charge in [0.2, 0.25) is 0 Å². The quantitative estimate of drug-likeness (QED) is 0.180. The van der Waals surface area contributed by atoms with Gasteiger partial charge in [-0.3, -0.25) is 0 Å². The molecule has 0 saturated heterocycles. The van der Waals surface area contributed by atoms with E-state index in [2.05, 4.69) is 179 Å². The lowest BCUT2D eigenvalue weighted by atomic mass is 9.87. The molecule has 0 amide bonds. The van der Waals surface area contributed by atoms with Crippen LogP contribution in [0.1, 0.15) is 97.8 Å². The second-order valence-electron chi connectivity index (χ2n) is 14.2. The minimum atomic E-state index is 0. The number of aryl methyl sites for hydroxylation is 2. The molecular formula is C38H52N4. The van der Waals surface area contributed by atoms with Gasteiger partial charge in [-0.05, 0) is 89.8 Å². The number of rotatable bonds is 0. The van der Waals surface area contributed by atoms with Gasteiger partial charge in [0.05, 0.1) is 0 Å². The Morgan fingerprint density at radius 3 is 1.60 bits per heavy atom.